The molecule has 0 amide bonds. The van der Waals surface area contributed by atoms with Gasteiger partial charge in [0, 0.05) is 0 Å². The first-order valence-corrected chi connectivity index (χ1v) is 5.58. The van der Waals surface area contributed by atoms with E-state index in [1.807, 2.05) is 6.92 Å². The van der Waals surface area contributed by atoms with E-state index < -0.39 is 18.0 Å². The zero-order chi connectivity index (χ0) is 11.8. The van der Waals surface area contributed by atoms with Crippen LogP contribution >= 0.6 is 0 Å². The Morgan fingerprint density at radius 1 is 1.20 bits per heavy atom. The normalized spacial score (nSPS) is 17.1. The molecule has 0 bridgehead atoms. The van der Waals surface area contributed by atoms with E-state index in [9.17, 15) is 15.0 Å². The van der Waals surface area contributed by atoms with Crippen LogP contribution in [-0.4, -0.2) is 33.5 Å². The molecule has 0 aliphatic rings. The van der Waals surface area contributed by atoms with Crippen LogP contribution in [-0.2, 0) is 4.79 Å². The summed E-state index contributed by atoms with van der Waals surface area (Å²) >= 11 is 0. The van der Waals surface area contributed by atoms with Gasteiger partial charge in [-0.2, -0.15) is 0 Å². The number of hydrogen-bond donors (Lipinski definition) is 3. The van der Waals surface area contributed by atoms with Gasteiger partial charge >= 0.3 is 5.97 Å². The molecule has 0 saturated carbocycles. The molecule has 0 radical (unpaired) electrons. The van der Waals surface area contributed by atoms with E-state index in [1.165, 1.54) is 6.92 Å². The van der Waals surface area contributed by atoms with Gasteiger partial charge in [0.1, 0.15) is 0 Å². The monoisotopic (exact) mass is 218 g/mol. The molecular weight excluding hydrogens is 196 g/mol. The van der Waals surface area contributed by atoms with E-state index in [-0.39, 0.29) is 6.10 Å². The second kappa shape index (κ2) is 7.65. The van der Waals surface area contributed by atoms with Crippen molar-refractivity contribution < 1.29 is 20.1 Å². The van der Waals surface area contributed by atoms with E-state index in [1.54, 1.807) is 0 Å². The van der Waals surface area contributed by atoms with Crippen molar-refractivity contribution in [3.63, 3.8) is 0 Å². The predicted octanol–water partition coefficient (Wildman–Crippen LogP) is 1.40. The summed E-state index contributed by atoms with van der Waals surface area (Å²) in [5.41, 5.74) is 0. The Morgan fingerprint density at radius 2 is 1.73 bits per heavy atom. The van der Waals surface area contributed by atoms with Crippen molar-refractivity contribution >= 4 is 5.97 Å². The van der Waals surface area contributed by atoms with Crippen LogP contribution in [0.3, 0.4) is 0 Å². The fourth-order valence-electron chi connectivity index (χ4n) is 1.35. The fraction of sp³-hybridized carbons (Fsp3) is 0.909. The van der Waals surface area contributed by atoms with Crippen LogP contribution in [0.25, 0.3) is 0 Å². The van der Waals surface area contributed by atoms with Crippen LogP contribution in [0.4, 0.5) is 0 Å². The van der Waals surface area contributed by atoms with E-state index in [0.717, 1.165) is 25.7 Å². The molecule has 0 unspecified atom stereocenters. The number of aliphatic carboxylic acids is 1. The molecule has 0 aromatic rings. The molecule has 0 spiro atoms. The molecule has 0 fully saturated rings. The topological polar surface area (TPSA) is 77.8 Å². The summed E-state index contributed by atoms with van der Waals surface area (Å²) in [4.78, 5) is 10.5. The predicted molar refractivity (Wildman–Crippen MR) is 57.6 cm³/mol. The average molecular weight is 218 g/mol. The van der Waals surface area contributed by atoms with Crippen LogP contribution in [0.1, 0.15) is 46.0 Å². The summed E-state index contributed by atoms with van der Waals surface area (Å²) in [6.45, 7) is 3.43. The van der Waals surface area contributed by atoms with Gasteiger partial charge in [-0.05, 0) is 26.2 Å². The zero-order valence-electron chi connectivity index (χ0n) is 9.52. The lowest BCUT2D eigenvalue weighted by atomic mass is 9.98. The van der Waals surface area contributed by atoms with Crippen molar-refractivity contribution in [2.75, 3.05) is 0 Å². The van der Waals surface area contributed by atoms with Gasteiger partial charge in [-0.15, -0.1) is 0 Å². The van der Waals surface area contributed by atoms with Gasteiger partial charge in [0.2, 0.25) is 0 Å². The van der Waals surface area contributed by atoms with Crippen molar-refractivity contribution in [1.29, 1.82) is 0 Å². The summed E-state index contributed by atoms with van der Waals surface area (Å²) < 4.78 is 0. The molecule has 0 aromatic carbocycles. The molecule has 0 aliphatic heterocycles. The molecule has 4 heteroatoms. The van der Waals surface area contributed by atoms with E-state index in [0.29, 0.717) is 6.42 Å². The van der Waals surface area contributed by atoms with Crippen molar-refractivity contribution in [1.82, 2.24) is 0 Å². The van der Waals surface area contributed by atoms with Gasteiger partial charge in [0.25, 0.3) is 0 Å². The molecule has 0 aromatic heterocycles. The molecule has 15 heavy (non-hydrogen) atoms. The van der Waals surface area contributed by atoms with Crippen LogP contribution in [0.5, 0.6) is 0 Å². The molecular formula is C11H22O4. The lowest BCUT2D eigenvalue weighted by molar-refractivity contribution is -0.145. The van der Waals surface area contributed by atoms with Gasteiger partial charge in [-0.1, -0.05) is 19.8 Å². The quantitative estimate of drug-likeness (QED) is 0.538. The van der Waals surface area contributed by atoms with Crippen LogP contribution < -0.4 is 0 Å². The number of rotatable bonds is 8. The van der Waals surface area contributed by atoms with Gasteiger partial charge < -0.3 is 15.3 Å². The highest BCUT2D eigenvalue weighted by atomic mass is 16.4. The Kier molecular flexibility index (Phi) is 7.34. The SMILES string of the molecule is CC[C@H](O)CCCC[C@@H](O)[C@@H](C)C(=O)O. The first-order chi connectivity index (χ1) is 6.99. The third-order valence-corrected chi connectivity index (χ3v) is 2.73. The number of carboxylic acid groups (broad SMARTS) is 1. The average Bonchev–Trinajstić information content (AvgIpc) is 2.22. The van der Waals surface area contributed by atoms with Crippen molar-refractivity contribution in [3.05, 3.63) is 0 Å². The minimum atomic E-state index is -0.962. The summed E-state index contributed by atoms with van der Waals surface area (Å²) in [7, 11) is 0. The second-order valence-corrected chi connectivity index (χ2v) is 4.04. The standard InChI is InChI=1S/C11H22O4/c1-3-9(12)6-4-5-7-10(13)8(2)11(14)15/h8-10,12-13H,3-7H2,1-2H3,(H,14,15)/t8-,9+,10-/m1/s1. The molecule has 0 rings (SSSR count). The van der Waals surface area contributed by atoms with Gasteiger partial charge in [-0.25, -0.2) is 0 Å². The zero-order valence-corrected chi connectivity index (χ0v) is 9.52. The highest BCUT2D eigenvalue weighted by Crippen LogP contribution is 2.13. The van der Waals surface area contributed by atoms with Gasteiger partial charge in [0.15, 0.2) is 0 Å². The summed E-state index contributed by atoms with van der Waals surface area (Å²) in [5.74, 6) is -1.67. The smallest absolute Gasteiger partial charge is 0.308 e. The van der Waals surface area contributed by atoms with Crippen LogP contribution in [0, 0.1) is 5.92 Å². The maximum atomic E-state index is 10.5. The number of unbranched alkanes of at least 4 members (excludes halogenated alkanes) is 1. The van der Waals surface area contributed by atoms with E-state index >= 15 is 0 Å². The first-order valence-electron chi connectivity index (χ1n) is 5.58. The van der Waals surface area contributed by atoms with Crippen molar-refractivity contribution in [3.8, 4) is 0 Å². The molecule has 3 N–H and O–H groups in total. The Bertz CT molecular complexity index is 181. The number of carboxylic acids is 1. The second-order valence-electron chi connectivity index (χ2n) is 4.04. The highest BCUT2D eigenvalue weighted by Gasteiger charge is 2.20. The number of hydrogen-bond acceptors (Lipinski definition) is 3. The van der Waals surface area contributed by atoms with E-state index in [4.69, 9.17) is 5.11 Å². The Morgan fingerprint density at radius 3 is 2.20 bits per heavy atom. The maximum Gasteiger partial charge on any atom is 0.308 e. The third kappa shape index (κ3) is 6.47. The molecule has 4 nitrogen and oxygen atoms in total. The number of carbonyl (C=O) groups is 1. The molecule has 3 atom stereocenters. The number of aliphatic hydroxyl groups excluding tert-OH is 2. The Balaban J connectivity index is 3.55. The summed E-state index contributed by atoms with van der Waals surface area (Å²) in [6, 6.07) is 0. The third-order valence-electron chi connectivity index (χ3n) is 2.73. The van der Waals surface area contributed by atoms with Gasteiger partial charge in [-0.3, -0.25) is 4.79 Å². The Hall–Kier alpha value is -0.610. The molecule has 0 saturated heterocycles. The van der Waals surface area contributed by atoms with E-state index in [2.05, 4.69) is 0 Å². The largest absolute Gasteiger partial charge is 0.481 e. The van der Waals surface area contributed by atoms with Gasteiger partial charge in [0.05, 0.1) is 18.1 Å². The minimum Gasteiger partial charge on any atom is -0.481 e. The molecule has 0 heterocycles. The Labute approximate surface area is 90.9 Å². The first kappa shape index (κ1) is 14.4. The lowest BCUT2D eigenvalue weighted by Gasteiger charge is -2.14. The highest BCUT2D eigenvalue weighted by molar-refractivity contribution is 5.70. The van der Waals surface area contributed by atoms with Crippen LogP contribution in [0.2, 0.25) is 0 Å². The van der Waals surface area contributed by atoms with Crippen molar-refractivity contribution in [2.24, 2.45) is 5.92 Å². The lowest BCUT2D eigenvalue weighted by Crippen LogP contribution is -2.25. The summed E-state index contributed by atoms with van der Waals surface area (Å²) in [5, 5.41) is 27.4. The maximum absolute atomic E-state index is 10.5. The van der Waals surface area contributed by atoms with Crippen molar-refractivity contribution in [2.45, 2.75) is 58.2 Å². The minimum absolute atomic E-state index is 0.265. The summed E-state index contributed by atoms with van der Waals surface area (Å²) in [6.07, 6.45) is 2.51. The van der Waals surface area contributed by atoms with Crippen LogP contribution in [0.15, 0.2) is 0 Å². The number of aliphatic hydroxyl groups is 2. The molecule has 90 valence electrons. The fourth-order valence-corrected chi connectivity index (χ4v) is 1.35. The molecule has 0 aliphatic carbocycles.